The summed E-state index contributed by atoms with van der Waals surface area (Å²) in [6, 6.07) is 9.10. The molecule has 3 nitrogen and oxygen atoms in total. The molecular weight excluding hydrogens is 384 g/mol. The van der Waals surface area contributed by atoms with Crippen LogP contribution in [0.1, 0.15) is 52.0 Å². The average molecular weight is 423 g/mol. The zero-order chi connectivity index (χ0) is 20.5. The maximum absolute atomic E-state index is 6.69. The molecule has 1 aliphatic carbocycles. The molecule has 0 bridgehead atoms. The lowest BCUT2D eigenvalue weighted by Gasteiger charge is -2.39. The smallest absolute Gasteiger partial charge is 0.192 e. The van der Waals surface area contributed by atoms with Gasteiger partial charge in [0.05, 0.1) is 0 Å². The van der Waals surface area contributed by atoms with E-state index in [0.29, 0.717) is 12.1 Å². The van der Waals surface area contributed by atoms with Gasteiger partial charge in [0.25, 0.3) is 0 Å². The second kappa shape index (κ2) is 8.77. The van der Waals surface area contributed by atoms with E-state index in [9.17, 15) is 0 Å². The molecule has 1 aliphatic heterocycles. The number of nitrogens with zero attached hydrogens (tertiary/aromatic N) is 1. The average Bonchev–Trinajstić information content (AvgIpc) is 2.96. The van der Waals surface area contributed by atoms with Crippen molar-refractivity contribution in [2.24, 2.45) is 11.7 Å². The highest BCUT2D eigenvalue weighted by Crippen LogP contribution is 2.40. The van der Waals surface area contributed by atoms with Gasteiger partial charge in [0.15, 0.2) is 8.32 Å². The second-order valence-corrected chi connectivity index (χ2v) is 15.7. The molecule has 0 spiro atoms. The fourth-order valence-corrected chi connectivity index (χ4v) is 6.06. The van der Waals surface area contributed by atoms with E-state index in [2.05, 4.69) is 50.9 Å². The van der Waals surface area contributed by atoms with Crippen molar-refractivity contribution in [3.05, 3.63) is 34.9 Å². The van der Waals surface area contributed by atoms with Gasteiger partial charge in [-0.15, -0.1) is 0 Å². The van der Waals surface area contributed by atoms with Crippen LogP contribution in [0.2, 0.25) is 23.2 Å². The highest BCUT2D eigenvalue weighted by Gasteiger charge is 2.44. The van der Waals surface area contributed by atoms with Crippen molar-refractivity contribution in [3.63, 3.8) is 0 Å². The Hall–Kier alpha value is -0.393. The topological polar surface area (TPSA) is 38.5 Å². The van der Waals surface area contributed by atoms with Gasteiger partial charge in [-0.05, 0) is 86.9 Å². The molecule has 0 radical (unpaired) electrons. The van der Waals surface area contributed by atoms with Crippen LogP contribution in [0.4, 0.5) is 0 Å². The molecule has 0 unspecified atom stereocenters. The standard InChI is InChI=1S/C23H39ClN2OSi/c1-23(2,3)28(4,5)27-20-15-21(25)22(16-20)26-12-10-18(11-13-26)14-17-6-8-19(24)9-7-17/h6-9,18,20-22H,10-16,25H2,1-5H3/t20-,21-,22+/m1/s1. The Morgan fingerprint density at radius 1 is 1.11 bits per heavy atom. The fraction of sp³-hybridized carbons (Fsp3) is 0.739. The van der Waals surface area contributed by atoms with Gasteiger partial charge in [0.2, 0.25) is 0 Å². The Kier molecular flexibility index (Phi) is 6.98. The number of hydrogen-bond donors (Lipinski definition) is 1. The third-order valence-corrected chi connectivity index (χ3v) is 12.1. The molecule has 2 N–H and O–H groups in total. The largest absolute Gasteiger partial charge is 0.414 e. The first-order valence-electron chi connectivity index (χ1n) is 11.0. The first-order chi connectivity index (χ1) is 13.0. The molecule has 1 aromatic rings. The van der Waals surface area contributed by atoms with E-state index in [1.807, 2.05) is 12.1 Å². The number of benzene rings is 1. The van der Waals surface area contributed by atoms with E-state index in [1.54, 1.807) is 0 Å². The molecule has 0 amide bonds. The number of piperidine rings is 1. The molecular formula is C23H39ClN2OSi. The SMILES string of the molecule is CC(C)(C)[Si](C)(C)O[C@@H]1C[C@@H](N)[C@@H](N2CCC(Cc3ccc(Cl)cc3)CC2)C1. The van der Waals surface area contributed by atoms with Gasteiger partial charge in [-0.1, -0.05) is 44.5 Å². The lowest BCUT2D eigenvalue weighted by atomic mass is 9.89. The van der Waals surface area contributed by atoms with Gasteiger partial charge in [-0.2, -0.15) is 0 Å². The van der Waals surface area contributed by atoms with Crippen LogP contribution in [0.5, 0.6) is 0 Å². The monoisotopic (exact) mass is 422 g/mol. The molecule has 158 valence electrons. The van der Waals surface area contributed by atoms with Crippen LogP contribution < -0.4 is 5.73 Å². The van der Waals surface area contributed by atoms with Crippen LogP contribution in [-0.2, 0) is 10.8 Å². The number of nitrogens with two attached hydrogens (primary N) is 1. The van der Waals surface area contributed by atoms with Gasteiger partial charge in [0.1, 0.15) is 0 Å². The van der Waals surface area contributed by atoms with Crippen molar-refractivity contribution in [2.45, 2.75) is 89.2 Å². The summed E-state index contributed by atoms with van der Waals surface area (Å²) in [7, 11) is -1.72. The van der Waals surface area contributed by atoms with E-state index < -0.39 is 8.32 Å². The van der Waals surface area contributed by atoms with Crippen LogP contribution in [0.15, 0.2) is 24.3 Å². The Balaban J connectivity index is 1.49. The highest BCUT2D eigenvalue weighted by atomic mass is 35.5. The summed E-state index contributed by atoms with van der Waals surface area (Å²) < 4.78 is 6.69. The van der Waals surface area contributed by atoms with Crippen LogP contribution in [-0.4, -0.2) is 44.5 Å². The van der Waals surface area contributed by atoms with Crippen LogP contribution in [0.25, 0.3) is 0 Å². The summed E-state index contributed by atoms with van der Waals surface area (Å²) >= 11 is 6.01. The molecule has 2 fully saturated rings. The Labute approximate surface area is 178 Å². The predicted molar refractivity (Wildman–Crippen MR) is 123 cm³/mol. The molecule has 0 aromatic heterocycles. The summed E-state index contributed by atoms with van der Waals surface area (Å²) in [6.45, 7) is 14.0. The highest BCUT2D eigenvalue weighted by molar-refractivity contribution is 6.74. The zero-order valence-electron chi connectivity index (χ0n) is 18.4. The number of hydrogen-bond acceptors (Lipinski definition) is 3. The summed E-state index contributed by atoms with van der Waals surface area (Å²) in [4.78, 5) is 2.65. The van der Waals surface area contributed by atoms with E-state index in [0.717, 1.165) is 23.8 Å². The molecule has 28 heavy (non-hydrogen) atoms. The molecule has 2 aliphatic rings. The van der Waals surface area contributed by atoms with Crippen LogP contribution >= 0.6 is 11.6 Å². The van der Waals surface area contributed by atoms with E-state index >= 15 is 0 Å². The molecule has 1 saturated carbocycles. The molecule has 1 heterocycles. The van der Waals surface area contributed by atoms with Crippen molar-refractivity contribution in [1.29, 1.82) is 0 Å². The van der Waals surface area contributed by atoms with Gasteiger partial charge < -0.3 is 10.2 Å². The Morgan fingerprint density at radius 2 is 1.71 bits per heavy atom. The molecule has 1 saturated heterocycles. The van der Waals surface area contributed by atoms with Gasteiger partial charge >= 0.3 is 0 Å². The number of likely N-dealkylation sites (tertiary alicyclic amines) is 1. The Bertz CT molecular complexity index is 635. The zero-order valence-corrected chi connectivity index (χ0v) is 20.1. The van der Waals surface area contributed by atoms with E-state index in [-0.39, 0.29) is 11.1 Å². The summed E-state index contributed by atoms with van der Waals surface area (Å²) in [5.74, 6) is 0.773. The Morgan fingerprint density at radius 3 is 2.29 bits per heavy atom. The van der Waals surface area contributed by atoms with Gasteiger partial charge in [-0.3, -0.25) is 4.90 Å². The minimum Gasteiger partial charge on any atom is -0.414 e. The minimum atomic E-state index is -1.72. The summed E-state index contributed by atoms with van der Waals surface area (Å²) in [6.07, 6.45) is 6.16. The number of rotatable bonds is 5. The molecule has 3 rings (SSSR count). The van der Waals surface area contributed by atoms with Crippen LogP contribution in [0, 0.1) is 5.92 Å². The molecule has 3 atom stereocenters. The first kappa shape index (κ1) is 22.3. The van der Waals surface area contributed by atoms with Gasteiger partial charge in [0, 0.05) is 23.2 Å². The minimum absolute atomic E-state index is 0.252. The van der Waals surface area contributed by atoms with Crippen molar-refractivity contribution < 1.29 is 4.43 Å². The van der Waals surface area contributed by atoms with E-state index in [4.69, 9.17) is 21.8 Å². The van der Waals surface area contributed by atoms with Crippen molar-refractivity contribution in [3.8, 4) is 0 Å². The van der Waals surface area contributed by atoms with E-state index in [1.165, 1.54) is 37.9 Å². The quantitative estimate of drug-likeness (QED) is 0.639. The first-order valence-corrected chi connectivity index (χ1v) is 14.3. The van der Waals surface area contributed by atoms with Crippen LogP contribution in [0.3, 0.4) is 0 Å². The second-order valence-electron chi connectivity index (χ2n) is 10.5. The van der Waals surface area contributed by atoms with Crippen molar-refractivity contribution in [2.75, 3.05) is 13.1 Å². The maximum Gasteiger partial charge on any atom is 0.192 e. The van der Waals surface area contributed by atoms with Gasteiger partial charge in [-0.25, -0.2) is 0 Å². The predicted octanol–water partition coefficient (Wildman–Crippen LogP) is 5.47. The third kappa shape index (κ3) is 5.40. The lowest BCUT2D eigenvalue weighted by Crippen LogP contribution is -2.48. The summed E-state index contributed by atoms with van der Waals surface area (Å²) in [5.41, 5.74) is 7.99. The van der Waals surface area contributed by atoms with Crippen molar-refractivity contribution in [1.82, 2.24) is 4.90 Å². The third-order valence-electron chi connectivity index (χ3n) is 7.36. The normalized spacial score (nSPS) is 28.0. The number of halogens is 1. The maximum atomic E-state index is 6.69. The summed E-state index contributed by atoms with van der Waals surface area (Å²) in [5, 5.41) is 1.08. The molecule has 5 heteroatoms. The lowest BCUT2D eigenvalue weighted by molar-refractivity contribution is 0.114. The molecule has 1 aromatic carbocycles. The fourth-order valence-electron chi connectivity index (χ4n) is 4.55. The van der Waals surface area contributed by atoms with Crippen molar-refractivity contribution >= 4 is 19.9 Å².